The lowest BCUT2D eigenvalue weighted by Crippen LogP contribution is -2.47. The number of piperazine rings is 1. The smallest absolute Gasteiger partial charge is 0.246 e. The van der Waals surface area contributed by atoms with Crippen LogP contribution in [-0.4, -0.2) is 47.0 Å². The number of carbonyl (C=O) groups is 1. The Morgan fingerprint density at radius 2 is 1.96 bits per heavy atom. The molecule has 2 aromatic rings. The molecule has 0 radical (unpaired) electrons. The van der Waals surface area contributed by atoms with E-state index in [0.717, 1.165) is 49.7 Å². The Morgan fingerprint density at radius 1 is 1.25 bits per heavy atom. The fourth-order valence-electron chi connectivity index (χ4n) is 2.68. The standard InChI is InChI=1S/C18H20ClN3O2/c1-14-12-17(24-20-14)13-21-8-10-22(11-9-21)18(23)7-4-15-2-5-16(19)6-3-15/h2-7,12H,8-11,13H2,1H3/b7-4+. The molecule has 0 aliphatic carbocycles. The average molecular weight is 346 g/mol. The van der Waals surface area contributed by atoms with Gasteiger partial charge in [-0.15, -0.1) is 0 Å². The molecule has 1 fully saturated rings. The van der Waals surface area contributed by atoms with Gasteiger partial charge in [0, 0.05) is 43.3 Å². The van der Waals surface area contributed by atoms with Crippen molar-refractivity contribution < 1.29 is 9.32 Å². The lowest BCUT2D eigenvalue weighted by Gasteiger charge is -2.33. The van der Waals surface area contributed by atoms with E-state index in [1.54, 1.807) is 6.08 Å². The molecular formula is C18H20ClN3O2. The molecule has 1 saturated heterocycles. The van der Waals surface area contributed by atoms with Gasteiger partial charge in [0.05, 0.1) is 12.2 Å². The minimum absolute atomic E-state index is 0.0418. The van der Waals surface area contributed by atoms with Crippen molar-refractivity contribution in [3.8, 4) is 0 Å². The number of amides is 1. The summed E-state index contributed by atoms with van der Waals surface area (Å²) in [5.74, 6) is 0.912. The monoisotopic (exact) mass is 345 g/mol. The van der Waals surface area contributed by atoms with Crippen LogP contribution in [0.2, 0.25) is 5.02 Å². The largest absolute Gasteiger partial charge is 0.360 e. The second kappa shape index (κ2) is 7.64. The van der Waals surface area contributed by atoms with E-state index in [9.17, 15) is 4.79 Å². The number of nitrogens with zero attached hydrogens (tertiary/aromatic N) is 3. The number of aromatic nitrogens is 1. The van der Waals surface area contributed by atoms with Crippen LogP contribution in [0.25, 0.3) is 6.08 Å². The zero-order valence-corrected chi connectivity index (χ0v) is 14.4. The highest BCUT2D eigenvalue weighted by molar-refractivity contribution is 6.30. The Kier molecular flexibility index (Phi) is 5.33. The van der Waals surface area contributed by atoms with Crippen LogP contribution >= 0.6 is 11.6 Å². The first-order chi connectivity index (χ1) is 11.6. The van der Waals surface area contributed by atoms with Crippen molar-refractivity contribution in [2.45, 2.75) is 13.5 Å². The van der Waals surface area contributed by atoms with Crippen LogP contribution in [0.15, 0.2) is 40.9 Å². The van der Waals surface area contributed by atoms with E-state index >= 15 is 0 Å². The first-order valence-electron chi connectivity index (χ1n) is 7.97. The number of benzene rings is 1. The molecule has 1 aliphatic rings. The van der Waals surface area contributed by atoms with Crippen LogP contribution in [0.5, 0.6) is 0 Å². The summed E-state index contributed by atoms with van der Waals surface area (Å²) in [4.78, 5) is 16.4. The number of hydrogen-bond acceptors (Lipinski definition) is 4. The molecule has 0 atom stereocenters. The van der Waals surface area contributed by atoms with E-state index < -0.39 is 0 Å². The summed E-state index contributed by atoms with van der Waals surface area (Å²) in [5, 5.41) is 4.59. The summed E-state index contributed by atoms with van der Waals surface area (Å²) in [7, 11) is 0. The molecule has 0 saturated carbocycles. The van der Waals surface area contributed by atoms with Gasteiger partial charge >= 0.3 is 0 Å². The van der Waals surface area contributed by atoms with Crippen molar-refractivity contribution in [3.05, 3.63) is 58.4 Å². The van der Waals surface area contributed by atoms with Gasteiger partial charge in [-0.25, -0.2) is 0 Å². The van der Waals surface area contributed by atoms with Gasteiger partial charge in [-0.05, 0) is 30.7 Å². The first kappa shape index (κ1) is 16.7. The molecule has 0 spiro atoms. The summed E-state index contributed by atoms with van der Waals surface area (Å²) < 4.78 is 5.24. The molecule has 3 rings (SSSR count). The normalized spacial score (nSPS) is 16.0. The van der Waals surface area contributed by atoms with E-state index in [-0.39, 0.29) is 5.91 Å². The van der Waals surface area contributed by atoms with E-state index in [1.807, 2.05) is 48.2 Å². The Labute approximate surface area is 146 Å². The van der Waals surface area contributed by atoms with E-state index in [0.29, 0.717) is 5.02 Å². The van der Waals surface area contributed by atoms with Gasteiger partial charge in [0.25, 0.3) is 0 Å². The van der Waals surface area contributed by atoms with Crippen molar-refractivity contribution >= 4 is 23.6 Å². The maximum absolute atomic E-state index is 12.3. The van der Waals surface area contributed by atoms with Gasteiger partial charge in [0.2, 0.25) is 5.91 Å². The molecule has 2 heterocycles. The molecule has 1 aromatic carbocycles. The minimum atomic E-state index is 0.0418. The summed E-state index contributed by atoms with van der Waals surface area (Å²) in [6, 6.07) is 9.37. The average Bonchev–Trinajstić information content (AvgIpc) is 2.99. The van der Waals surface area contributed by atoms with Crippen LogP contribution in [0.3, 0.4) is 0 Å². The highest BCUT2D eigenvalue weighted by Gasteiger charge is 2.20. The van der Waals surface area contributed by atoms with Crippen molar-refractivity contribution in [2.75, 3.05) is 26.2 Å². The fraction of sp³-hybridized carbons (Fsp3) is 0.333. The fourth-order valence-corrected chi connectivity index (χ4v) is 2.81. The number of aryl methyl sites for hydroxylation is 1. The van der Waals surface area contributed by atoms with Gasteiger partial charge in [-0.3, -0.25) is 9.69 Å². The SMILES string of the molecule is Cc1cc(CN2CCN(C(=O)/C=C/c3ccc(Cl)cc3)CC2)on1. The Morgan fingerprint density at radius 3 is 2.58 bits per heavy atom. The van der Waals surface area contributed by atoms with Gasteiger partial charge in [0.15, 0.2) is 5.76 Å². The lowest BCUT2D eigenvalue weighted by molar-refractivity contribution is -0.127. The highest BCUT2D eigenvalue weighted by atomic mass is 35.5. The Balaban J connectivity index is 1.48. The molecule has 0 N–H and O–H groups in total. The number of rotatable bonds is 4. The van der Waals surface area contributed by atoms with Crippen molar-refractivity contribution in [1.82, 2.24) is 15.0 Å². The third-order valence-corrected chi connectivity index (χ3v) is 4.28. The Hall–Kier alpha value is -2.11. The van der Waals surface area contributed by atoms with Crippen LogP contribution in [-0.2, 0) is 11.3 Å². The third kappa shape index (κ3) is 4.46. The van der Waals surface area contributed by atoms with Gasteiger partial charge in [-0.1, -0.05) is 28.9 Å². The molecule has 6 heteroatoms. The minimum Gasteiger partial charge on any atom is -0.360 e. The van der Waals surface area contributed by atoms with Crippen molar-refractivity contribution in [1.29, 1.82) is 0 Å². The predicted molar refractivity (Wildman–Crippen MR) is 93.6 cm³/mol. The van der Waals surface area contributed by atoms with Crippen LogP contribution in [0.1, 0.15) is 17.0 Å². The van der Waals surface area contributed by atoms with Crippen LogP contribution < -0.4 is 0 Å². The lowest BCUT2D eigenvalue weighted by atomic mass is 10.2. The molecule has 5 nitrogen and oxygen atoms in total. The van der Waals surface area contributed by atoms with E-state index in [2.05, 4.69) is 10.1 Å². The molecule has 0 bridgehead atoms. The number of halogens is 1. The molecule has 1 aromatic heterocycles. The van der Waals surface area contributed by atoms with Gasteiger partial charge in [-0.2, -0.15) is 0 Å². The maximum atomic E-state index is 12.3. The number of carbonyl (C=O) groups excluding carboxylic acids is 1. The molecule has 1 aliphatic heterocycles. The summed E-state index contributed by atoms with van der Waals surface area (Å²) in [6.45, 7) is 5.76. The topological polar surface area (TPSA) is 49.6 Å². The van der Waals surface area contributed by atoms with Crippen molar-refractivity contribution in [2.24, 2.45) is 0 Å². The predicted octanol–water partition coefficient (Wildman–Crippen LogP) is 2.99. The number of hydrogen-bond donors (Lipinski definition) is 0. The summed E-state index contributed by atoms with van der Waals surface area (Å²) in [6.07, 6.45) is 3.45. The quantitative estimate of drug-likeness (QED) is 0.799. The summed E-state index contributed by atoms with van der Waals surface area (Å²) in [5.41, 5.74) is 1.86. The molecular weight excluding hydrogens is 326 g/mol. The van der Waals surface area contributed by atoms with Crippen LogP contribution in [0.4, 0.5) is 0 Å². The molecule has 126 valence electrons. The van der Waals surface area contributed by atoms with Crippen LogP contribution in [0, 0.1) is 6.92 Å². The zero-order valence-electron chi connectivity index (χ0n) is 13.6. The highest BCUT2D eigenvalue weighted by Crippen LogP contribution is 2.12. The van der Waals surface area contributed by atoms with E-state index in [4.69, 9.17) is 16.1 Å². The molecule has 0 unspecified atom stereocenters. The van der Waals surface area contributed by atoms with Gasteiger partial charge < -0.3 is 9.42 Å². The second-order valence-corrected chi connectivity index (χ2v) is 6.36. The maximum Gasteiger partial charge on any atom is 0.246 e. The first-order valence-corrected chi connectivity index (χ1v) is 8.35. The zero-order chi connectivity index (χ0) is 16.9. The Bertz CT molecular complexity index is 716. The van der Waals surface area contributed by atoms with Crippen molar-refractivity contribution in [3.63, 3.8) is 0 Å². The molecule has 24 heavy (non-hydrogen) atoms. The molecule has 1 amide bonds. The van der Waals surface area contributed by atoms with Gasteiger partial charge in [0.1, 0.15) is 0 Å². The second-order valence-electron chi connectivity index (χ2n) is 5.92. The third-order valence-electron chi connectivity index (χ3n) is 4.03. The summed E-state index contributed by atoms with van der Waals surface area (Å²) >= 11 is 5.85. The van der Waals surface area contributed by atoms with E-state index in [1.165, 1.54) is 0 Å².